The molecule has 8 nitrogen and oxygen atoms in total. The van der Waals surface area contributed by atoms with E-state index < -0.39 is 30.3 Å². The SMILES string of the molecule is C=CCN1C(=O)c2ccc(C(=O)OCC(=O)Nc3cc(Cl)ccc3C#N)cc2C1=O. The number of imide groups is 1. The fourth-order valence-electron chi connectivity index (χ4n) is 2.83. The molecule has 1 aliphatic heterocycles. The number of benzene rings is 2. The van der Waals surface area contributed by atoms with Crippen molar-refractivity contribution in [3.63, 3.8) is 0 Å². The molecule has 0 aromatic heterocycles. The first kappa shape index (κ1) is 20.8. The number of hydrogen-bond donors (Lipinski definition) is 1. The second kappa shape index (κ2) is 8.59. The van der Waals surface area contributed by atoms with Gasteiger partial charge < -0.3 is 10.1 Å². The number of ether oxygens (including phenoxy) is 1. The first-order valence-electron chi connectivity index (χ1n) is 8.63. The Kier molecular flexibility index (Phi) is 5.95. The van der Waals surface area contributed by atoms with E-state index >= 15 is 0 Å². The minimum Gasteiger partial charge on any atom is -0.452 e. The number of hydrogen-bond acceptors (Lipinski definition) is 6. The molecule has 3 amide bonds. The van der Waals surface area contributed by atoms with Crippen LogP contribution >= 0.6 is 11.6 Å². The molecule has 0 aliphatic carbocycles. The van der Waals surface area contributed by atoms with Crippen molar-refractivity contribution in [3.05, 3.63) is 76.3 Å². The zero-order chi connectivity index (χ0) is 21.8. The molecule has 1 aliphatic rings. The van der Waals surface area contributed by atoms with E-state index in [1.165, 1.54) is 42.5 Å². The lowest BCUT2D eigenvalue weighted by molar-refractivity contribution is -0.119. The average Bonchev–Trinajstić information content (AvgIpc) is 2.97. The maximum atomic E-state index is 12.3. The lowest BCUT2D eigenvalue weighted by atomic mass is 10.1. The molecule has 0 fully saturated rings. The third-order valence-corrected chi connectivity index (χ3v) is 4.46. The van der Waals surface area contributed by atoms with E-state index in [0.29, 0.717) is 5.02 Å². The van der Waals surface area contributed by atoms with Crippen molar-refractivity contribution in [2.45, 2.75) is 0 Å². The number of nitriles is 1. The van der Waals surface area contributed by atoms with Crippen LogP contribution in [0.25, 0.3) is 0 Å². The van der Waals surface area contributed by atoms with Crippen LogP contribution < -0.4 is 5.32 Å². The average molecular weight is 424 g/mol. The van der Waals surface area contributed by atoms with Crippen LogP contribution in [0.5, 0.6) is 0 Å². The molecule has 0 saturated heterocycles. The number of nitrogens with zero attached hydrogens (tertiary/aromatic N) is 2. The molecule has 1 N–H and O–H groups in total. The lowest BCUT2D eigenvalue weighted by Gasteiger charge is -2.09. The smallest absolute Gasteiger partial charge is 0.338 e. The summed E-state index contributed by atoms with van der Waals surface area (Å²) in [6.07, 6.45) is 1.42. The van der Waals surface area contributed by atoms with Crippen LogP contribution in [0.15, 0.2) is 49.1 Å². The van der Waals surface area contributed by atoms with Gasteiger partial charge in [0, 0.05) is 11.6 Å². The van der Waals surface area contributed by atoms with E-state index in [-0.39, 0.29) is 34.5 Å². The van der Waals surface area contributed by atoms with Gasteiger partial charge in [-0.2, -0.15) is 5.26 Å². The summed E-state index contributed by atoms with van der Waals surface area (Å²) < 4.78 is 4.97. The standard InChI is InChI=1S/C21H14ClN3O5/c1-2-7-25-19(27)15-6-4-12(8-16(15)20(25)28)21(29)30-11-18(26)24-17-9-14(22)5-3-13(17)10-23/h2-6,8-9H,1,7,11H2,(H,24,26). The van der Waals surface area contributed by atoms with Crippen molar-refractivity contribution in [2.75, 3.05) is 18.5 Å². The Morgan fingerprint density at radius 1 is 1.17 bits per heavy atom. The van der Waals surface area contributed by atoms with Gasteiger partial charge in [0.1, 0.15) is 6.07 Å². The Morgan fingerprint density at radius 3 is 2.60 bits per heavy atom. The highest BCUT2D eigenvalue weighted by Crippen LogP contribution is 2.24. The van der Waals surface area contributed by atoms with Crippen molar-refractivity contribution in [2.24, 2.45) is 0 Å². The molecule has 0 spiro atoms. The summed E-state index contributed by atoms with van der Waals surface area (Å²) >= 11 is 5.86. The molecule has 0 unspecified atom stereocenters. The quantitative estimate of drug-likeness (QED) is 0.433. The number of nitrogens with one attached hydrogen (secondary N) is 1. The van der Waals surface area contributed by atoms with Crippen molar-refractivity contribution in [1.82, 2.24) is 4.90 Å². The van der Waals surface area contributed by atoms with Gasteiger partial charge in [-0.25, -0.2) is 4.79 Å². The first-order chi connectivity index (χ1) is 14.3. The predicted molar refractivity (Wildman–Crippen MR) is 107 cm³/mol. The molecule has 0 radical (unpaired) electrons. The van der Waals surface area contributed by atoms with Gasteiger partial charge >= 0.3 is 5.97 Å². The van der Waals surface area contributed by atoms with Crippen LogP contribution in [0.4, 0.5) is 5.69 Å². The highest BCUT2D eigenvalue weighted by molar-refractivity contribution is 6.31. The van der Waals surface area contributed by atoms with Gasteiger partial charge in [0.25, 0.3) is 17.7 Å². The Morgan fingerprint density at radius 2 is 1.90 bits per heavy atom. The Labute approximate surface area is 176 Å². The molecule has 1 heterocycles. The summed E-state index contributed by atoms with van der Waals surface area (Å²) in [6, 6.07) is 10.2. The minimum atomic E-state index is -0.845. The highest BCUT2D eigenvalue weighted by atomic mass is 35.5. The van der Waals surface area contributed by atoms with E-state index in [2.05, 4.69) is 11.9 Å². The topological polar surface area (TPSA) is 117 Å². The van der Waals surface area contributed by atoms with E-state index in [1.807, 2.05) is 6.07 Å². The van der Waals surface area contributed by atoms with Crippen LogP contribution in [0, 0.1) is 11.3 Å². The molecular weight excluding hydrogens is 410 g/mol. The van der Waals surface area contributed by atoms with Crippen LogP contribution in [0.1, 0.15) is 36.6 Å². The van der Waals surface area contributed by atoms with Gasteiger partial charge in [0.05, 0.1) is 27.9 Å². The van der Waals surface area contributed by atoms with E-state index in [4.69, 9.17) is 21.6 Å². The number of anilines is 1. The number of amides is 3. The van der Waals surface area contributed by atoms with Gasteiger partial charge in [-0.1, -0.05) is 17.7 Å². The Hall–Kier alpha value is -3.96. The number of esters is 1. The number of fused-ring (bicyclic) bond motifs is 1. The van der Waals surface area contributed by atoms with Crippen LogP contribution in [-0.2, 0) is 9.53 Å². The summed E-state index contributed by atoms with van der Waals surface area (Å²) in [6.45, 7) is 2.94. The van der Waals surface area contributed by atoms with Crippen LogP contribution in [0.2, 0.25) is 5.02 Å². The second-order valence-corrected chi connectivity index (χ2v) is 6.63. The number of halogens is 1. The number of rotatable bonds is 6. The lowest BCUT2D eigenvalue weighted by Crippen LogP contribution is -2.29. The fraction of sp³-hybridized carbons (Fsp3) is 0.0952. The summed E-state index contributed by atoms with van der Waals surface area (Å²) in [5.41, 5.74) is 0.669. The Bertz CT molecular complexity index is 1140. The summed E-state index contributed by atoms with van der Waals surface area (Å²) in [4.78, 5) is 49.9. The van der Waals surface area contributed by atoms with Crippen molar-refractivity contribution in [3.8, 4) is 6.07 Å². The highest BCUT2D eigenvalue weighted by Gasteiger charge is 2.35. The van der Waals surface area contributed by atoms with Crippen molar-refractivity contribution in [1.29, 1.82) is 5.26 Å². The zero-order valence-corrected chi connectivity index (χ0v) is 16.2. The molecule has 0 saturated carbocycles. The van der Waals surface area contributed by atoms with E-state index in [9.17, 15) is 19.2 Å². The second-order valence-electron chi connectivity index (χ2n) is 6.20. The largest absolute Gasteiger partial charge is 0.452 e. The zero-order valence-electron chi connectivity index (χ0n) is 15.5. The van der Waals surface area contributed by atoms with Gasteiger partial charge in [0.15, 0.2) is 6.61 Å². The Balaban J connectivity index is 1.67. The van der Waals surface area contributed by atoms with E-state index in [1.54, 1.807) is 0 Å². The normalized spacial score (nSPS) is 12.2. The maximum absolute atomic E-state index is 12.3. The van der Waals surface area contributed by atoms with Gasteiger partial charge in [0.2, 0.25) is 0 Å². The van der Waals surface area contributed by atoms with Crippen molar-refractivity contribution < 1.29 is 23.9 Å². The van der Waals surface area contributed by atoms with Crippen molar-refractivity contribution >= 4 is 41.0 Å². The molecule has 2 aromatic rings. The first-order valence-corrected chi connectivity index (χ1v) is 9.01. The maximum Gasteiger partial charge on any atom is 0.338 e. The minimum absolute atomic E-state index is 0.0172. The predicted octanol–water partition coefficient (Wildman–Crippen LogP) is 2.79. The fourth-order valence-corrected chi connectivity index (χ4v) is 3.00. The molecule has 0 bridgehead atoms. The third kappa shape index (κ3) is 4.06. The third-order valence-electron chi connectivity index (χ3n) is 4.23. The summed E-state index contributed by atoms with van der Waals surface area (Å²) in [7, 11) is 0. The molecule has 150 valence electrons. The summed E-state index contributed by atoms with van der Waals surface area (Å²) in [5.74, 6) is -2.52. The van der Waals surface area contributed by atoms with Gasteiger partial charge in [-0.05, 0) is 36.4 Å². The number of carbonyl (C=O) groups excluding carboxylic acids is 4. The van der Waals surface area contributed by atoms with Crippen LogP contribution in [0.3, 0.4) is 0 Å². The molecule has 2 aromatic carbocycles. The van der Waals surface area contributed by atoms with E-state index in [0.717, 1.165) is 4.90 Å². The van der Waals surface area contributed by atoms with Crippen LogP contribution in [-0.4, -0.2) is 41.7 Å². The molecule has 3 rings (SSSR count). The number of carbonyl (C=O) groups is 4. The molecule has 0 atom stereocenters. The molecule has 30 heavy (non-hydrogen) atoms. The van der Waals surface area contributed by atoms with Gasteiger partial charge in [-0.3, -0.25) is 19.3 Å². The van der Waals surface area contributed by atoms with Gasteiger partial charge in [-0.15, -0.1) is 6.58 Å². The molecule has 9 heteroatoms. The monoisotopic (exact) mass is 423 g/mol. The summed E-state index contributed by atoms with van der Waals surface area (Å²) in [5, 5.41) is 11.8. The molecular formula is C21H14ClN3O5.